The zero-order valence-corrected chi connectivity index (χ0v) is 78.2. The number of aromatic amines is 3. The van der Waals surface area contributed by atoms with Crippen molar-refractivity contribution in [3.8, 4) is 0 Å². The number of ketones is 2. The van der Waals surface area contributed by atoms with Gasteiger partial charge in [0.1, 0.15) is 72.3 Å². The van der Waals surface area contributed by atoms with Gasteiger partial charge in [0.2, 0.25) is 88.6 Å². The maximum atomic E-state index is 15.8. The van der Waals surface area contributed by atoms with Crippen LogP contribution in [0.2, 0.25) is 0 Å². The molecule has 15 amide bonds. The number of para-hydroxylation sites is 2. The molecule has 3 aromatic heterocycles. The number of carbonyl (C=O) groups excluding carboxylic acids is 17. The maximum Gasteiger partial charge on any atom is 0.303 e. The normalized spacial score (nSPS) is 24.6. The number of rotatable bonds is 27. The maximum absolute atomic E-state index is 15.8. The van der Waals surface area contributed by atoms with Gasteiger partial charge in [-0.25, -0.2) is 9.37 Å². The molecule has 3 saturated heterocycles. The van der Waals surface area contributed by atoms with Crippen LogP contribution in [-0.4, -0.2) is 316 Å². The predicted octanol–water partition coefficient (Wildman–Crippen LogP) is -1.50. The van der Waals surface area contributed by atoms with Crippen LogP contribution in [0.25, 0.3) is 21.8 Å². The van der Waals surface area contributed by atoms with Crippen LogP contribution in [0.5, 0.6) is 0 Å². The lowest BCUT2D eigenvalue weighted by atomic mass is 9.88. The van der Waals surface area contributed by atoms with Gasteiger partial charge in [-0.1, -0.05) is 88.1 Å². The van der Waals surface area contributed by atoms with E-state index in [2.05, 4.69) is 67.8 Å². The number of guanidine groups is 1. The monoisotopic (exact) mass is 1920 g/mol. The van der Waals surface area contributed by atoms with Crippen molar-refractivity contribution in [1.82, 2.24) is 92.3 Å². The van der Waals surface area contributed by atoms with Gasteiger partial charge < -0.3 is 120 Å². The van der Waals surface area contributed by atoms with E-state index in [9.17, 15) is 67.7 Å². The number of unbranched alkanes of at least 4 members (excludes halogenated alkanes) is 2. The first-order valence-corrected chi connectivity index (χ1v) is 46.9. The smallest absolute Gasteiger partial charge is 0.303 e. The first kappa shape index (κ1) is 107. The minimum absolute atomic E-state index is 0.00326. The lowest BCUT2D eigenvalue weighted by molar-refractivity contribution is -0.150. The summed E-state index contributed by atoms with van der Waals surface area (Å²) in [6.07, 6.45) is 0.460. The van der Waals surface area contributed by atoms with Crippen molar-refractivity contribution in [2.24, 2.45) is 29.0 Å². The van der Waals surface area contributed by atoms with Crippen molar-refractivity contribution in [1.29, 1.82) is 5.41 Å². The number of Topliss-reactive ketones (excluding diaryl/α,β-unsaturated/α-hetero) is 2. The number of thioether (sulfide) groups is 1. The standard InChI is InChI=1S/C92H125FN22O21S/c1-7-9-22-70-85(130)105-63(21-15-31-99-92(96)97)83(128)110-69(82(127)102-44-77(95)121)47-137-48-78(122)104-66(33-51-25-27-56(93)28-26-51)88(133)111(4)50(3)80(125)108-67(40-76(94)120)90(135)114-32-16-24-71(114)86(131)107-65(38-57-43-98-49-103-57)84(129)106-64(29-30-79(123)124)89(134)115-45-58(117)39-73(115)75(119)36-52(34-54-41-100-61-19-13-11-17-59(54)61)81(126)109-68(46-116)74(118)37-53(35-55-42-101-62-20-14-12-18-60(55)62)87(132)113(6)72(23-10-8-2)91(136)112(70)5/h11-14,17-20,25-28,41-43,49-50,52-53,58,63-73,100-101,116-117H,7-10,15-16,21-24,29-40,44-48H2,1-6H3,(H2,94,120)(H2,95,121)(H,98,103)(H,102,127)(H,104,122)(H,105,130)(H,106,129)(H,107,131)(H,108,125)(H,109,126)(H,110,128)(H,123,124)(H4,96,97,99)/t50-,52+,53+,58+,63-,64-,65-,66-,67-,68-,69-,70-,71-,72-,73-/m0/s1. The van der Waals surface area contributed by atoms with E-state index in [0.717, 1.165) is 43.5 Å². The number of carboxylic acids is 1. The summed E-state index contributed by atoms with van der Waals surface area (Å²) >= 11 is 0.734. The van der Waals surface area contributed by atoms with E-state index in [1.54, 1.807) is 60.9 Å². The summed E-state index contributed by atoms with van der Waals surface area (Å²) in [6, 6.07) is -0.415. The van der Waals surface area contributed by atoms with Gasteiger partial charge in [-0.2, -0.15) is 0 Å². The number of carbonyl (C=O) groups is 18. The highest BCUT2D eigenvalue weighted by molar-refractivity contribution is 8.00. The average Bonchev–Trinajstić information content (AvgIpc) is 1.69. The summed E-state index contributed by atoms with van der Waals surface area (Å²) in [5.74, 6) is -22.7. The second kappa shape index (κ2) is 51.3. The summed E-state index contributed by atoms with van der Waals surface area (Å²) in [6.45, 7) is 2.33. The minimum Gasteiger partial charge on any atom is -0.481 e. The number of aliphatic hydroxyl groups is 2. The number of hydrogen-bond donors (Lipinski definition) is 19. The molecule has 0 bridgehead atoms. The highest BCUT2D eigenvalue weighted by Gasteiger charge is 2.47. The molecule has 0 spiro atoms. The number of aromatic nitrogens is 4. The van der Waals surface area contributed by atoms with Gasteiger partial charge in [-0.05, 0) is 106 Å². The van der Waals surface area contributed by atoms with Crippen molar-refractivity contribution >= 4 is 146 Å². The molecule has 6 heterocycles. The summed E-state index contributed by atoms with van der Waals surface area (Å²) in [4.78, 5) is 282. The number of aliphatic hydroxyl groups excluding tert-OH is 2. The lowest BCUT2D eigenvalue weighted by Crippen LogP contribution is -2.60. The molecule has 0 radical (unpaired) electrons. The third-order valence-corrected chi connectivity index (χ3v) is 25.9. The van der Waals surface area contributed by atoms with E-state index >= 15 is 38.4 Å². The number of likely N-dealkylation sites (N-methyl/N-ethyl adjacent to an activating group) is 3. The fraction of sp³-hybridized carbons (Fsp3) is 0.522. The van der Waals surface area contributed by atoms with Gasteiger partial charge >= 0.3 is 5.97 Å². The van der Waals surface area contributed by atoms with Crippen LogP contribution >= 0.6 is 11.8 Å². The number of halogens is 1. The zero-order valence-electron chi connectivity index (χ0n) is 77.4. The Balaban J connectivity index is 1.11. The van der Waals surface area contributed by atoms with Crippen molar-refractivity contribution in [3.63, 3.8) is 0 Å². The second-order valence-corrected chi connectivity index (χ2v) is 35.9. The van der Waals surface area contributed by atoms with Crippen LogP contribution in [0.15, 0.2) is 97.7 Å². The van der Waals surface area contributed by atoms with Gasteiger partial charge in [0.25, 0.3) is 0 Å². The summed E-state index contributed by atoms with van der Waals surface area (Å²) < 4.78 is 14.4. The summed E-state index contributed by atoms with van der Waals surface area (Å²) in [5, 5.41) is 65.2. The molecule has 137 heavy (non-hydrogen) atoms. The van der Waals surface area contributed by atoms with Crippen LogP contribution in [0, 0.1) is 23.1 Å². The fourth-order valence-corrected chi connectivity index (χ4v) is 18.0. The van der Waals surface area contributed by atoms with Crippen molar-refractivity contribution < 1.29 is 106 Å². The van der Waals surface area contributed by atoms with E-state index in [1.807, 2.05) is 13.8 Å². The number of nitrogens with two attached hydrogens (primary N) is 3. The van der Waals surface area contributed by atoms with Gasteiger partial charge in [-0.15, -0.1) is 11.8 Å². The van der Waals surface area contributed by atoms with Crippen LogP contribution in [0.4, 0.5) is 4.39 Å². The molecule has 3 fully saturated rings. The van der Waals surface area contributed by atoms with Gasteiger partial charge in [0, 0.05) is 143 Å². The Morgan fingerprint density at radius 2 is 1.16 bits per heavy atom. The van der Waals surface area contributed by atoms with E-state index in [4.69, 9.17) is 22.6 Å². The van der Waals surface area contributed by atoms with E-state index in [1.165, 1.54) is 57.6 Å². The van der Waals surface area contributed by atoms with Crippen molar-refractivity contribution in [2.75, 3.05) is 65.4 Å². The molecule has 3 aliphatic rings. The molecule has 0 unspecified atom stereocenters. The van der Waals surface area contributed by atoms with Crippen LogP contribution < -0.4 is 65.1 Å². The Morgan fingerprint density at radius 3 is 1.77 bits per heavy atom. The quantitative estimate of drug-likeness (QED) is 0.0159. The van der Waals surface area contributed by atoms with Gasteiger partial charge in [0.15, 0.2) is 17.5 Å². The number of amides is 15. The van der Waals surface area contributed by atoms with Crippen LogP contribution in [0.1, 0.15) is 146 Å². The molecule has 45 heteroatoms. The third-order valence-electron chi connectivity index (χ3n) is 24.8. The number of aliphatic carboxylic acids is 1. The van der Waals surface area contributed by atoms with Crippen LogP contribution in [-0.2, 0) is 112 Å². The molecule has 742 valence electrons. The first-order chi connectivity index (χ1) is 65.3. The Bertz CT molecular complexity index is 5330. The number of carboxylic acid groups (broad SMARTS) is 1. The number of benzene rings is 3. The Labute approximate surface area is 793 Å². The lowest BCUT2D eigenvalue weighted by Gasteiger charge is -2.36. The Morgan fingerprint density at radius 1 is 0.569 bits per heavy atom. The van der Waals surface area contributed by atoms with Crippen molar-refractivity contribution in [3.05, 3.63) is 126 Å². The largest absolute Gasteiger partial charge is 0.481 e. The molecule has 22 N–H and O–H groups in total. The molecule has 0 saturated carbocycles. The summed E-state index contributed by atoms with van der Waals surface area (Å²) in [5.41, 5.74) is 19.6. The number of nitrogens with one attached hydrogen (secondary N) is 13. The fourth-order valence-electron chi connectivity index (χ4n) is 17.2. The molecule has 3 aromatic carbocycles. The molecular formula is C92H125FN22O21S. The molecule has 6 aromatic rings. The first-order valence-electron chi connectivity index (χ1n) is 45.7. The number of imidazole rings is 1. The topological polar surface area (TPSA) is 655 Å². The number of primary amides is 2. The number of H-pyrrole nitrogens is 3. The third kappa shape index (κ3) is 30.1. The zero-order chi connectivity index (χ0) is 100. The van der Waals surface area contributed by atoms with Gasteiger partial charge in [0.05, 0.1) is 43.8 Å². The van der Waals surface area contributed by atoms with Crippen molar-refractivity contribution in [2.45, 2.75) is 228 Å². The minimum atomic E-state index is -1.84. The summed E-state index contributed by atoms with van der Waals surface area (Å²) in [7, 11) is 3.88. The molecule has 43 nitrogen and oxygen atoms in total. The highest BCUT2D eigenvalue weighted by atomic mass is 32.2. The SMILES string of the molecule is CCCC[C@H]1C(=O)N(C)[C@@H](CCCC)C(=O)N[C@@H](CCCNC(=N)N)C(=O)N[C@H](C(=O)NCC(N)=O)CSCC(=O)N[C@@H](Cc2ccc(F)cc2)C(=O)N(C)[C@@H](C)C(=O)N[C@@H](CC(N)=O)C(=O)N2CCC[C@H]2C(=O)N[C@@H](Cc2cnc[nH]2)C(=O)N[C@@H](CCC(=O)O)C(=O)N2C[C@H](O)C[C@H]2C(=O)C[C@@H](Cc2c[nH]c3ccccc23)C(=O)N[C@@H](CO)C(=O)C[C@@H](Cc2c[nH]c3ccccc23)C(=O)N1C. The molecule has 0 aliphatic carbocycles. The Hall–Kier alpha value is -13.7. The van der Waals surface area contributed by atoms with Crippen LogP contribution in [0.3, 0.4) is 0 Å². The van der Waals surface area contributed by atoms with E-state index in [0.29, 0.717) is 64.2 Å². The Kier molecular flexibility index (Phi) is 40.0. The van der Waals surface area contributed by atoms with Gasteiger partial charge in [-0.3, -0.25) is 91.7 Å². The number of hydrogen-bond acceptors (Lipinski definition) is 23. The second-order valence-electron chi connectivity index (χ2n) is 34.9. The molecular weight excluding hydrogens is 1800 g/mol. The predicted molar refractivity (Wildman–Crippen MR) is 498 cm³/mol. The van der Waals surface area contributed by atoms with E-state index in [-0.39, 0.29) is 76.6 Å². The molecule has 15 atom stereocenters. The number of nitrogens with zero attached hydrogens (tertiary/aromatic N) is 6. The van der Waals surface area contributed by atoms with E-state index < -0.39 is 285 Å². The molecule has 9 rings (SSSR count). The molecule has 3 aliphatic heterocycles. The number of fused-ring (bicyclic) bond motifs is 4. The average molecular weight is 1930 g/mol. The highest BCUT2D eigenvalue weighted by Crippen LogP contribution is 2.31.